The number of hydrogen-bond acceptors (Lipinski definition) is 4. The number of ether oxygens (including phenoxy) is 3. The highest BCUT2D eigenvalue weighted by Gasteiger charge is 2.73. The zero-order valence-corrected chi connectivity index (χ0v) is 14.0. The van der Waals surface area contributed by atoms with Gasteiger partial charge in [0.1, 0.15) is 11.2 Å². The molecule has 4 nitrogen and oxygen atoms in total. The molecule has 6 heteroatoms. The third-order valence-electron chi connectivity index (χ3n) is 4.26. The molecule has 106 valence electrons. The van der Waals surface area contributed by atoms with Crippen molar-refractivity contribution in [1.29, 1.82) is 0 Å². The van der Waals surface area contributed by atoms with Crippen LogP contribution in [0.25, 0.3) is 0 Å². The van der Waals surface area contributed by atoms with Crippen LogP contribution >= 0.6 is 31.9 Å². The molecule has 2 aliphatic heterocycles. The van der Waals surface area contributed by atoms with Crippen molar-refractivity contribution in [1.82, 2.24) is 0 Å². The summed E-state index contributed by atoms with van der Waals surface area (Å²) in [6.45, 7) is 3.79. The molecule has 3 fully saturated rings. The number of carbonyl (C=O) groups is 1. The Hall–Kier alpha value is 0.0900. The molecule has 3 atom stereocenters. The Bertz CT molecular complexity index is 458. The van der Waals surface area contributed by atoms with E-state index in [0.717, 1.165) is 16.2 Å². The van der Waals surface area contributed by atoms with E-state index in [4.69, 9.17) is 14.2 Å². The van der Waals surface area contributed by atoms with E-state index >= 15 is 0 Å². The van der Waals surface area contributed by atoms with Crippen molar-refractivity contribution in [2.45, 2.75) is 62.6 Å². The first kappa shape index (κ1) is 14.0. The van der Waals surface area contributed by atoms with Crippen LogP contribution in [0.5, 0.6) is 0 Å². The smallest absolute Gasteiger partial charge is 0.309 e. The molecule has 2 saturated heterocycles. The minimum Gasteiger partial charge on any atom is -0.455 e. The topological polar surface area (TPSA) is 44.8 Å². The predicted molar refractivity (Wildman–Crippen MR) is 76.0 cm³/mol. The van der Waals surface area contributed by atoms with E-state index in [-0.39, 0.29) is 18.5 Å². The maximum Gasteiger partial charge on any atom is 0.309 e. The lowest BCUT2D eigenvalue weighted by atomic mass is 9.82. The average molecular weight is 396 g/mol. The third-order valence-corrected chi connectivity index (χ3v) is 4.91. The van der Waals surface area contributed by atoms with Crippen LogP contribution in [0.4, 0.5) is 0 Å². The SMILES string of the molecule is CC1(C)O[C@H]2CC[C@]3(CC=C(Br)Br)OC(=O)C[C@]23O1. The van der Waals surface area contributed by atoms with E-state index < -0.39 is 17.0 Å². The minimum atomic E-state index is -0.653. The van der Waals surface area contributed by atoms with E-state index in [2.05, 4.69) is 31.9 Å². The normalized spacial score (nSPS) is 42.7. The molecule has 0 aromatic carbocycles. The van der Waals surface area contributed by atoms with Gasteiger partial charge in [0.05, 0.1) is 15.9 Å². The van der Waals surface area contributed by atoms with Crippen LogP contribution < -0.4 is 0 Å². The van der Waals surface area contributed by atoms with Gasteiger partial charge in [-0.1, -0.05) is 6.08 Å². The van der Waals surface area contributed by atoms with Gasteiger partial charge in [0.15, 0.2) is 5.79 Å². The quantitative estimate of drug-likeness (QED) is 0.672. The molecule has 1 saturated carbocycles. The second-order valence-electron chi connectivity index (χ2n) is 5.88. The Balaban J connectivity index is 1.98. The van der Waals surface area contributed by atoms with Crippen LogP contribution in [-0.2, 0) is 19.0 Å². The van der Waals surface area contributed by atoms with Crippen LogP contribution in [0, 0.1) is 0 Å². The minimum absolute atomic E-state index is 0.0588. The van der Waals surface area contributed by atoms with Gasteiger partial charge < -0.3 is 14.2 Å². The first-order valence-electron chi connectivity index (χ1n) is 6.40. The standard InChI is InChI=1S/C13H16Br2O4/c1-11(2)17-8-3-5-12(6-4-9(14)15)13(8,19-11)7-10(16)18-12/h4,8H,3,5-7H2,1-2H3/t8-,12+,13-/m0/s1. The van der Waals surface area contributed by atoms with Gasteiger partial charge in [-0.2, -0.15) is 0 Å². The third kappa shape index (κ3) is 2.03. The van der Waals surface area contributed by atoms with Crippen LogP contribution in [-0.4, -0.2) is 29.1 Å². The number of carbonyl (C=O) groups excluding carboxylic acids is 1. The second kappa shape index (κ2) is 4.29. The van der Waals surface area contributed by atoms with E-state index in [1.165, 1.54) is 0 Å². The highest BCUT2D eigenvalue weighted by atomic mass is 79.9. The summed E-state index contributed by atoms with van der Waals surface area (Å²) >= 11 is 6.70. The van der Waals surface area contributed by atoms with E-state index in [0.29, 0.717) is 6.42 Å². The highest BCUT2D eigenvalue weighted by Crippen LogP contribution is 2.60. The molecule has 3 rings (SSSR count). The summed E-state index contributed by atoms with van der Waals surface area (Å²) in [7, 11) is 0. The molecule has 0 aromatic rings. The summed E-state index contributed by atoms with van der Waals surface area (Å²) in [5.74, 6) is -0.843. The summed E-state index contributed by atoms with van der Waals surface area (Å²) in [6.07, 6.45) is 4.47. The fourth-order valence-electron chi connectivity index (χ4n) is 3.70. The van der Waals surface area contributed by atoms with Crippen molar-refractivity contribution >= 4 is 37.8 Å². The average Bonchev–Trinajstić information content (AvgIpc) is 2.76. The molecule has 1 aliphatic carbocycles. The first-order chi connectivity index (χ1) is 8.79. The lowest BCUT2D eigenvalue weighted by molar-refractivity contribution is -0.198. The lowest BCUT2D eigenvalue weighted by Gasteiger charge is -2.36. The van der Waals surface area contributed by atoms with Gasteiger partial charge >= 0.3 is 5.97 Å². The van der Waals surface area contributed by atoms with Crippen LogP contribution in [0.2, 0.25) is 0 Å². The molecule has 2 heterocycles. The number of esters is 1. The monoisotopic (exact) mass is 394 g/mol. The maximum atomic E-state index is 11.9. The predicted octanol–water partition coefficient (Wildman–Crippen LogP) is 3.38. The van der Waals surface area contributed by atoms with Crippen molar-refractivity contribution in [3.63, 3.8) is 0 Å². The Morgan fingerprint density at radius 2 is 2.21 bits per heavy atom. The zero-order chi connectivity index (χ0) is 13.9. The lowest BCUT2D eigenvalue weighted by Crippen LogP contribution is -2.51. The summed E-state index contributed by atoms with van der Waals surface area (Å²) in [4.78, 5) is 11.9. The molecular formula is C13H16Br2O4. The van der Waals surface area contributed by atoms with Gasteiger partial charge in [0.2, 0.25) is 0 Å². The fourth-order valence-corrected chi connectivity index (χ4v) is 4.02. The number of rotatable bonds is 2. The zero-order valence-electron chi connectivity index (χ0n) is 10.9. The Morgan fingerprint density at radius 3 is 2.89 bits per heavy atom. The Labute approximate surface area is 129 Å². The van der Waals surface area contributed by atoms with Crippen molar-refractivity contribution in [2.24, 2.45) is 0 Å². The molecule has 0 bridgehead atoms. The van der Waals surface area contributed by atoms with Crippen LogP contribution in [0.15, 0.2) is 9.47 Å². The summed E-state index contributed by atoms with van der Waals surface area (Å²) in [5, 5.41) is 0. The van der Waals surface area contributed by atoms with Crippen molar-refractivity contribution in [3.05, 3.63) is 9.47 Å². The molecule has 0 unspecified atom stereocenters. The largest absolute Gasteiger partial charge is 0.455 e. The molecule has 0 aromatic heterocycles. The first-order valence-corrected chi connectivity index (χ1v) is 7.98. The summed E-state index contributed by atoms with van der Waals surface area (Å²) < 4.78 is 18.7. The van der Waals surface area contributed by atoms with Gasteiger partial charge in [-0.25, -0.2) is 0 Å². The van der Waals surface area contributed by atoms with E-state index in [1.54, 1.807) is 0 Å². The van der Waals surface area contributed by atoms with E-state index in [9.17, 15) is 4.79 Å². The molecule has 0 amide bonds. The molecule has 3 aliphatic rings. The highest BCUT2D eigenvalue weighted by molar-refractivity contribution is 9.28. The van der Waals surface area contributed by atoms with Crippen molar-refractivity contribution in [2.75, 3.05) is 0 Å². The van der Waals surface area contributed by atoms with Gasteiger partial charge in [-0.3, -0.25) is 4.79 Å². The van der Waals surface area contributed by atoms with Crippen LogP contribution in [0.1, 0.15) is 39.5 Å². The van der Waals surface area contributed by atoms with E-state index in [1.807, 2.05) is 19.9 Å². The molecule has 19 heavy (non-hydrogen) atoms. The van der Waals surface area contributed by atoms with Gasteiger partial charge in [-0.15, -0.1) is 0 Å². The Morgan fingerprint density at radius 1 is 1.47 bits per heavy atom. The van der Waals surface area contributed by atoms with Gasteiger partial charge in [0, 0.05) is 6.42 Å². The van der Waals surface area contributed by atoms with Gasteiger partial charge in [0.25, 0.3) is 0 Å². The van der Waals surface area contributed by atoms with Crippen molar-refractivity contribution in [3.8, 4) is 0 Å². The molecule has 0 radical (unpaired) electrons. The summed E-state index contributed by atoms with van der Waals surface area (Å²) in [6, 6.07) is 0. The molecular weight excluding hydrogens is 380 g/mol. The second-order valence-corrected chi connectivity index (χ2v) is 8.65. The Kier molecular flexibility index (Phi) is 3.17. The fraction of sp³-hybridized carbons (Fsp3) is 0.769. The molecule has 1 spiro atoms. The molecule has 0 N–H and O–H groups in total. The summed E-state index contributed by atoms with van der Waals surface area (Å²) in [5.41, 5.74) is -1.21. The maximum absolute atomic E-state index is 11.9. The van der Waals surface area contributed by atoms with Crippen LogP contribution in [0.3, 0.4) is 0 Å². The van der Waals surface area contributed by atoms with Gasteiger partial charge in [-0.05, 0) is 58.5 Å². The number of halogens is 2. The number of hydrogen-bond donors (Lipinski definition) is 0. The van der Waals surface area contributed by atoms with Crippen molar-refractivity contribution < 1.29 is 19.0 Å².